The average molecular weight is 504 g/mol. The van der Waals surface area contributed by atoms with Crippen LogP contribution in [0.2, 0.25) is 10.0 Å². The Hall–Kier alpha value is -2.66. The third kappa shape index (κ3) is 3.86. The minimum absolute atomic E-state index is 0.00680. The van der Waals surface area contributed by atoms with Crippen LogP contribution in [0.5, 0.6) is 0 Å². The highest BCUT2D eigenvalue weighted by Crippen LogP contribution is 2.50. The second-order valence-electron chi connectivity index (χ2n) is 8.12. The molecule has 13 heteroatoms. The van der Waals surface area contributed by atoms with Gasteiger partial charge in [0.2, 0.25) is 5.82 Å². The Labute approximate surface area is 194 Å². The minimum atomic E-state index is -4.90. The van der Waals surface area contributed by atoms with E-state index in [0.717, 1.165) is 25.0 Å². The first-order valence-corrected chi connectivity index (χ1v) is 10.7. The topological polar surface area (TPSA) is 79.7 Å². The fourth-order valence-electron chi connectivity index (χ4n) is 3.77. The summed E-state index contributed by atoms with van der Waals surface area (Å²) in [5.74, 6) is -1.38. The van der Waals surface area contributed by atoms with Gasteiger partial charge in [-0.25, -0.2) is 14.4 Å². The summed E-state index contributed by atoms with van der Waals surface area (Å²) >= 11 is 11.5. The Balaban J connectivity index is 1.38. The van der Waals surface area contributed by atoms with Crippen LogP contribution in [0.4, 0.5) is 17.6 Å². The number of amides is 1. The molecule has 0 spiro atoms. The predicted octanol–water partition coefficient (Wildman–Crippen LogP) is 4.32. The highest BCUT2D eigenvalue weighted by atomic mass is 35.5. The maximum atomic E-state index is 14.2. The maximum absolute atomic E-state index is 14.2. The van der Waals surface area contributed by atoms with Crippen molar-refractivity contribution >= 4 is 34.9 Å². The van der Waals surface area contributed by atoms with Crippen LogP contribution in [0.3, 0.4) is 0 Å². The van der Waals surface area contributed by atoms with Gasteiger partial charge in [0, 0.05) is 29.9 Å². The molecule has 1 aromatic heterocycles. The van der Waals surface area contributed by atoms with Gasteiger partial charge in [0.15, 0.2) is 5.82 Å². The number of amidine groups is 1. The molecule has 33 heavy (non-hydrogen) atoms. The Kier molecular flexibility index (Phi) is 5.16. The summed E-state index contributed by atoms with van der Waals surface area (Å²) in [5, 5.41) is 5.38. The molecule has 1 fully saturated rings. The summed E-state index contributed by atoms with van der Waals surface area (Å²) in [7, 11) is 0. The van der Waals surface area contributed by atoms with Crippen molar-refractivity contribution in [1.82, 2.24) is 20.2 Å². The number of nitrogens with zero attached hydrogens (tertiary/aromatic N) is 4. The zero-order valence-electron chi connectivity index (χ0n) is 16.7. The van der Waals surface area contributed by atoms with Crippen LogP contribution in [0, 0.1) is 5.82 Å². The summed E-state index contributed by atoms with van der Waals surface area (Å²) in [5.41, 5.74) is -2.15. The second-order valence-corrected chi connectivity index (χ2v) is 8.94. The Morgan fingerprint density at radius 2 is 1.91 bits per heavy atom. The molecule has 3 aliphatic rings. The molecule has 1 atom stereocenters. The van der Waals surface area contributed by atoms with Crippen molar-refractivity contribution in [3.05, 3.63) is 56.8 Å². The molecule has 2 aliphatic heterocycles. The molecule has 3 heterocycles. The van der Waals surface area contributed by atoms with E-state index in [0.29, 0.717) is 11.3 Å². The van der Waals surface area contributed by atoms with E-state index < -0.39 is 39.6 Å². The fourth-order valence-corrected chi connectivity index (χ4v) is 4.26. The molecule has 2 aromatic rings. The van der Waals surface area contributed by atoms with Crippen molar-refractivity contribution in [3.8, 4) is 0 Å². The smallest absolute Gasteiger partial charge is 0.372 e. The van der Waals surface area contributed by atoms with E-state index in [1.54, 1.807) is 4.90 Å². The first kappa shape index (κ1) is 22.1. The zero-order valence-corrected chi connectivity index (χ0v) is 18.2. The Bertz CT molecular complexity index is 1160. The highest BCUT2D eigenvalue weighted by molar-refractivity contribution is 6.35. The molecule has 0 saturated heterocycles. The molecule has 1 amide bonds. The van der Waals surface area contributed by atoms with Crippen molar-refractivity contribution in [1.29, 1.82) is 0 Å². The fraction of sp³-hybridized carbons (Fsp3) is 0.400. The molecule has 174 valence electrons. The van der Waals surface area contributed by atoms with Gasteiger partial charge in [-0.15, -0.1) is 0 Å². The highest BCUT2D eigenvalue weighted by Gasteiger charge is 2.63. The van der Waals surface area contributed by atoms with E-state index in [1.807, 2.05) is 0 Å². The molecular formula is C20H15Cl2F4N5O2. The van der Waals surface area contributed by atoms with Crippen LogP contribution < -0.4 is 5.32 Å². The number of aromatic nitrogens is 2. The summed E-state index contributed by atoms with van der Waals surface area (Å²) in [6.07, 6.45) is -2.27. The lowest BCUT2D eigenvalue weighted by molar-refractivity contribution is -0.275. The molecule has 1 unspecified atom stereocenters. The van der Waals surface area contributed by atoms with E-state index in [9.17, 15) is 22.4 Å². The average Bonchev–Trinajstić information content (AvgIpc) is 3.27. The normalized spacial score (nSPS) is 22.1. The molecule has 1 N–H and O–H groups in total. The molecule has 0 radical (unpaired) electrons. The van der Waals surface area contributed by atoms with Crippen LogP contribution in [0.25, 0.3) is 0 Å². The van der Waals surface area contributed by atoms with Gasteiger partial charge in [-0.1, -0.05) is 28.4 Å². The van der Waals surface area contributed by atoms with Crippen LogP contribution >= 0.6 is 23.2 Å². The van der Waals surface area contributed by atoms with Gasteiger partial charge in [-0.05, 0) is 25.0 Å². The molecule has 7 nitrogen and oxygen atoms in total. The molecule has 1 saturated carbocycles. The van der Waals surface area contributed by atoms with Gasteiger partial charge in [0.05, 0.1) is 28.7 Å². The van der Waals surface area contributed by atoms with Gasteiger partial charge >= 0.3 is 6.18 Å². The predicted molar refractivity (Wildman–Crippen MR) is 109 cm³/mol. The lowest BCUT2D eigenvalue weighted by Gasteiger charge is -2.30. The summed E-state index contributed by atoms with van der Waals surface area (Å²) in [4.78, 5) is 27.1. The zero-order chi connectivity index (χ0) is 23.5. The quantitative estimate of drug-likeness (QED) is 0.498. The monoisotopic (exact) mass is 503 g/mol. The van der Waals surface area contributed by atoms with Crippen molar-refractivity contribution < 1.29 is 27.2 Å². The second kappa shape index (κ2) is 7.69. The Morgan fingerprint density at radius 3 is 2.55 bits per heavy atom. The lowest BCUT2D eigenvalue weighted by atomic mass is 9.89. The van der Waals surface area contributed by atoms with Crippen molar-refractivity contribution in [2.45, 2.75) is 50.2 Å². The molecular weight excluding hydrogens is 489 g/mol. The number of benzene rings is 1. The number of hydrogen-bond donors (Lipinski definition) is 1. The van der Waals surface area contributed by atoms with Gasteiger partial charge in [-0.3, -0.25) is 4.79 Å². The van der Waals surface area contributed by atoms with Gasteiger partial charge in [0.1, 0.15) is 5.84 Å². The molecule has 5 rings (SSSR count). The number of carbonyl (C=O) groups excluding carboxylic acids is 1. The first-order valence-electron chi connectivity index (χ1n) is 9.95. The van der Waals surface area contributed by atoms with Crippen molar-refractivity contribution in [2.24, 2.45) is 5.16 Å². The lowest BCUT2D eigenvalue weighted by Crippen LogP contribution is -2.44. The Morgan fingerprint density at radius 1 is 1.21 bits per heavy atom. The van der Waals surface area contributed by atoms with Crippen molar-refractivity contribution in [2.75, 3.05) is 0 Å². The third-order valence-corrected chi connectivity index (χ3v) is 6.31. The molecule has 0 bridgehead atoms. The summed E-state index contributed by atoms with van der Waals surface area (Å²) in [6, 6.07) is 1.81. The number of alkyl halides is 3. The number of oxime groups is 1. The van der Waals surface area contributed by atoms with E-state index in [-0.39, 0.29) is 36.7 Å². The summed E-state index contributed by atoms with van der Waals surface area (Å²) < 4.78 is 56.3. The van der Waals surface area contributed by atoms with E-state index >= 15 is 0 Å². The number of halogens is 6. The van der Waals surface area contributed by atoms with E-state index in [4.69, 9.17) is 28.0 Å². The van der Waals surface area contributed by atoms with Crippen LogP contribution in [0.1, 0.15) is 46.7 Å². The maximum Gasteiger partial charge on any atom is 0.435 e. The van der Waals surface area contributed by atoms with Gasteiger partial charge in [0.25, 0.3) is 11.5 Å². The first-order chi connectivity index (χ1) is 15.6. The standard InChI is InChI=1S/C20H15Cl2F4N5O2/c21-12-3-10(4-13(22)16(12)23)19(20(24,25)26)5-15(30-33-19)31-7-9-6-27-17(29-14(9)8-31)18(32)28-11-1-2-11/h3-4,6,11H,1-2,5,7-8H2,(H,28,32). The minimum Gasteiger partial charge on any atom is -0.372 e. The number of fused-ring (bicyclic) bond motifs is 1. The SMILES string of the molecule is O=C(NC1CC1)c1ncc2c(n1)CN(C1=NOC(c3cc(Cl)c(F)c(Cl)c3)(C(F)(F)F)C1)C2. The number of hydrogen-bond acceptors (Lipinski definition) is 6. The summed E-state index contributed by atoms with van der Waals surface area (Å²) in [6.45, 7) is 0.323. The van der Waals surface area contributed by atoms with Crippen LogP contribution in [-0.2, 0) is 23.5 Å². The van der Waals surface area contributed by atoms with E-state index in [2.05, 4.69) is 20.4 Å². The number of nitrogens with one attached hydrogen (secondary N) is 1. The molecule has 1 aromatic carbocycles. The number of carbonyl (C=O) groups is 1. The van der Waals surface area contributed by atoms with Gasteiger partial charge in [-0.2, -0.15) is 13.2 Å². The molecule has 1 aliphatic carbocycles. The third-order valence-electron chi connectivity index (χ3n) is 5.76. The van der Waals surface area contributed by atoms with Crippen LogP contribution in [0.15, 0.2) is 23.5 Å². The van der Waals surface area contributed by atoms with Gasteiger partial charge < -0.3 is 15.1 Å². The largest absolute Gasteiger partial charge is 0.435 e. The van der Waals surface area contributed by atoms with Crippen LogP contribution in [-0.4, -0.2) is 38.8 Å². The number of rotatable bonds is 3. The van der Waals surface area contributed by atoms with Crippen molar-refractivity contribution in [3.63, 3.8) is 0 Å². The van der Waals surface area contributed by atoms with E-state index in [1.165, 1.54) is 6.20 Å².